The van der Waals surface area contributed by atoms with Gasteiger partial charge < -0.3 is 15.5 Å². The van der Waals surface area contributed by atoms with E-state index in [9.17, 15) is 9.90 Å². The number of halogens is 2. The van der Waals surface area contributed by atoms with Crippen LogP contribution in [0.15, 0.2) is 42.7 Å². The van der Waals surface area contributed by atoms with Crippen LogP contribution in [0.5, 0.6) is 0 Å². The molecule has 0 aliphatic heterocycles. The largest absolute Gasteiger partial charge is 0.465 e. The second-order valence-corrected chi connectivity index (χ2v) is 7.88. The maximum Gasteiger partial charge on any atom is 0.407 e. The first-order chi connectivity index (χ1) is 14.0. The number of carbonyl (C=O) groups is 1. The number of hydrogen-bond acceptors (Lipinski definition) is 3. The summed E-state index contributed by atoms with van der Waals surface area (Å²) in [7, 11) is 0. The Balaban J connectivity index is 0.00000256. The first-order valence-corrected chi connectivity index (χ1v) is 10.2. The van der Waals surface area contributed by atoms with Crippen molar-refractivity contribution in [2.45, 2.75) is 25.1 Å². The minimum atomic E-state index is -0.992. The number of rotatable bonds is 5. The topological polar surface area (TPSA) is 103 Å². The molecule has 3 N–H and O–H groups in total. The third kappa shape index (κ3) is 4.01. The highest BCUT2D eigenvalue weighted by Crippen LogP contribution is 2.42. The zero-order chi connectivity index (χ0) is 20.5. The van der Waals surface area contributed by atoms with Crippen molar-refractivity contribution in [3.05, 3.63) is 64.7 Å². The maximum atomic E-state index is 11.5. The van der Waals surface area contributed by atoms with Crippen molar-refractivity contribution in [3.63, 3.8) is 0 Å². The van der Waals surface area contributed by atoms with E-state index in [0.29, 0.717) is 11.6 Å². The number of pyridine rings is 1. The third-order valence-corrected chi connectivity index (χ3v) is 5.78. The van der Waals surface area contributed by atoms with Crippen molar-refractivity contribution in [1.82, 2.24) is 19.7 Å². The van der Waals surface area contributed by atoms with Crippen LogP contribution in [0, 0.1) is 0 Å². The summed E-state index contributed by atoms with van der Waals surface area (Å²) in [6, 6.07) is 9.57. The average molecular weight is 449 g/mol. The molecular weight excluding hydrogens is 427 g/mol. The van der Waals surface area contributed by atoms with Crippen LogP contribution in [0.25, 0.3) is 16.8 Å². The summed E-state index contributed by atoms with van der Waals surface area (Å²) in [4.78, 5) is 16.9. The molecule has 30 heavy (non-hydrogen) atoms. The number of amides is 1. The Bertz CT molecular complexity index is 1060. The number of aryl methyl sites for hydroxylation is 2. The van der Waals surface area contributed by atoms with Gasteiger partial charge in [0.2, 0.25) is 0 Å². The molecule has 1 aliphatic rings. The van der Waals surface area contributed by atoms with E-state index >= 15 is 0 Å². The van der Waals surface area contributed by atoms with E-state index in [1.807, 2.05) is 35.0 Å². The van der Waals surface area contributed by atoms with Crippen LogP contribution in [0.3, 0.4) is 0 Å². The van der Waals surface area contributed by atoms with Gasteiger partial charge in [0.05, 0.1) is 22.5 Å². The Hall–Kier alpha value is -2.61. The molecule has 1 unspecified atom stereocenters. The van der Waals surface area contributed by atoms with Crippen molar-refractivity contribution >= 4 is 29.3 Å². The first-order valence-electron chi connectivity index (χ1n) is 9.42. The second kappa shape index (κ2) is 9.04. The van der Waals surface area contributed by atoms with E-state index in [1.165, 1.54) is 4.90 Å². The molecular formula is C21H22Cl2N4O3. The fourth-order valence-electron chi connectivity index (χ4n) is 3.81. The molecule has 0 radical (unpaired) electrons. The Labute approximate surface area is 184 Å². The number of benzene rings is 1. The number of hydrogen-bond donors (Lipinski definition) is 1. The van der Waals surface area contributed by atoms with Crippen LogP contribution < -0.4 is 0 Å². The third-order valence-electron chi connectivity index (χ3n) is 5.20. The van der Waals surface area contributed by atoms with Gasteiger partial charge in [-0.3, -0.25) is 4.98 Å². The van der Waals surface area contributed by atoms with E-state index in [-0.39, 0.29) is 12.0 Å². The van der Waals surface area contributed by atoms with Crippen LogP contribution in [0.4, 0.5) is 4.79 Å². The summed E-state index contributed by atoms with van der Waals surface area (Å²) < 4.78 is 1.82. The number of likely N-dealkylation sites (N-methyl/N-ethyl adjacent to an activating group) is 1. The molecule has 2 heterocycles. The van der Waals surface area contributed by atoms with Crippen LogP contribution in [-0.4, -0.2) is 49.4 Å². The highest BCUT2D eigenvalue weighted by Gasteiger charge is 2.31. The molecule has 158 valence electrons. The smallest absolute Gasteiger partial charge is 0.407 e. The monoisotopic (exact) mass is 448 g/mol. The lowest BCUT2D eigenvalue weighted by Gasteiger charge is -2.23. The molecule has 7 nitrogen and oxygen atoms in total. The number of fused-ring (bicyclic) bond motifs is 3. The zero-order valence-corrected chi connectivity index (χ0v) is 17.9. The standard InChI is InChI=1S/C21H20Cl2N4O2.H2O/c1-2-26(21(28)29)12-17(23)20-19-16-5-4-14(22)11-13(16)3-6-18(19)25-27(20)15-7-9-24-10-8-15;/h4-5,7-11,17H,2-3,6,12H2,1H3,(H,28,29);1H2. The molecule has 2 aromatic heterocycles. The van der Waals surface area contributed by atoms with Gasteiger partial charge in [-0.1, -0.05) is 17.7 Å². The molecule has 0 bridgehead atoms. The predicted molar refractivity (Wildman–Crippen MR) is 117 cm³/mol. The molecule has 0 fully saturated rings. The molecule has 9 heteroatoms. The summed E-state index contributed by atoms with van der Waals surface area (Å²) in [5.41, 5.74) is 5.75. The quantitative estimate of drug-likeness (QED) is 0.592. The lowest BCUT2D eigenvalue weighted by atomic mass is 9.87. The summed E-state index contributed by atoms with van der Waals surface area (Å²) in [6.07, 6.45) is 4.03. The van der Waals surface area contributed by atoms with E-state index in [0.717, 1.165) is 46.6 Å². The zero-order valence-electron chi connectivity index (χ0n) is 16.3. The SMILES string of the molecule is CCN(CC(Cl)c1c2c(nn1-c1ccncc1)CCc1cc(Cl)ccc1-2)C(=O)O.O. The van der Waals surface area contributed by atoms with Crippen molar-refractivity contribution in [3.8, 4) is 16.8 Å². The van der Waals surface area contributed by atoms with Gasteiger partial charge in [-0.15, -0.1) is 11.6 Å². The normalized spacial score (nSPS) is 13.0. The Morgan fingerprint density at radius 1 is 1.27 bits per heavy atom. The molecule has 3 aromatic rings. The van der Waals surface area contributed by atoms with Gasteiger partial charge in [0, 0.05) is 36.1 Å². The summed E-state index contributed by atoms with van der Waals surface area (Å²) in [5.74, 6) is 0. The van der Waals surface area contributed by atoms with Crippen LogP contribution in [-0.2, 0) is 12.8 Å². The fraction of sp³-hybridized carbons (Fsp3) is 0.286. The van der Waals surface area contributed by atoms with Crippen molar-refractivity contribution in [2.24, 2.45) is 0 Å². The molecule has 0 spiro atoms. The van der Waals surface area contributed by atoms with Gasteiger partial charge in [0.25, 0.3) is 0 Å². The average Bonchev–Trinajstić information content (AvgIpc) is 3.12. The number of alkyl halides is 1. The highest BCUT2D eigenvalue weighted by molar-refractivity contribution is 6.30. The van der Waals surface area contributed by atoms with Crippen molar-refractivity contribution < 1.29 is 15.4 Å². The van der Waals surface area contributed by atoms with Crippen LogP contribution in [0.1, 0.15) is 29.3 Å². The van der Waals surface area contributed by atoms with Gasteiger partial charge in [-0.05, 0) is 55.2 Å². The second-order valence-electron chi connectivity index (χ2n) is 6.91. The van der Waals surface area contributed by atoms with Crippen molar-refractivity contribution in [2.75, 3.05) is 13.1 Å². The van der Waals surface area contributed by atoms with Crippen LogP contribution >= 0.6 is 23.2 Å². The van der Waals surface area contributed by atoms with E-state index in [1.54, 1.807) is 19.3 Å². The van der Waals surface area contributed by atoms with E-state index < -0.39 is 11.5 Å². The van der Waals surface area contributed by atoms with Gasteiger partial charge in [0.15, 0.2) is 0 Å². The van der Waals surface area contributed by atoms with Gasteiger partial charge in [0.1, 0.15) is 0 Å². The summed E-state index contributed by atoms with van der Waals surface area (Å²) >= 11 is 13.1. The Morgan fingerprint density at radius 2 is 2.00 bits per heavy atom. The summed E-state index contributed by atoms with van der Waals surface area (Å²) in [6.45, 7) is 2.32. The number of carboxylic acid groups (broad SMARTS) is 1. The maximum absolute atomic E-state index is 11.5. The van der Waals surface area contributed by atoms with E-state index in [2.05, 4.69) is 4.98 Å². The van der Waals surface area contributed by atoms with Gasteiger partial charge >= 0.3 is 6.09 Å². The number of nitrogens with zero attached hydrogens (tertiary/aromatic N) is 4. The molecule has 0 saturated heterocycles. The van der Waals surface area contributed by atoms with Crippen molar-refractivity contribution in [1.29, 1.82) is 0 Å². The lowest BCUT2D eigenvalue weighted by Crippen LogP contribution is -2.32. The number of aromatic nitrogens is 3. The molecule has 1 atom stereocenters. The van der Waals surface area contributed by atoms with E-state index in [4.69, 9.17) is 28.3 Å². The highest BCUT2D eigenvalue weighted by atomic mass is 35.5. The van der Waals surface area contributed by atoms with Gasteiger partial charge in [-0.2, -0.15) is 5.10 Å². The molecule has 1 amide bonds. The predicted octanol–water partition coefficient (Wildman–Crippen LogP) is 4.14. The molecule has 4 rings (SSSR count). The fourth-order valence-corrected chi connectivity index (χ4v) is 4.37. The molecule has 0 saturated carbocycles. The lowest BCUT2D eigenvalue weighted by molar-refractivity contribution is 0.147. The Kier molecular flexibility index (Phi) is 6.65. The molecule has 1 aromatic carbocycles. The Morgan fingerprint density at radius 3 is 2.67 bits per heavy atom. The first kappa shape index (κ1) is 22.1. The van der Waals surface area contributed by atoms with Gasteiger partial charge in [-0.25, -0.2) is 9.48 Å². The minimum absolute atomic E-state index is 0. The summed E-state index contributed by atoms with van der Waals surface area (Å²) in [5, 5.41) is 14.4. The minimum Gasteiger partial charge on any atom is -0.465 e. The molecule has 1 aliphatic carbocycles. The van der Waals surface area contributed by atoms with Crippen LogP contribution in [0.2, 0.25) is 5.02 Å².